The van der Waals surface area contributed by atoms with E-state index < -0.39 is 10.0 Å². The van der Waals surface area contributed by atoms with Crippen LogP contribution >= 0.6 is 11.6 Å². The van der Waals surface area contributed by atoms with Crippen molar-refractivity contribution in [3.63, 3.8) is 0 Å². The molecular formula is C13H19ClN2O2S. The van der Waals surface area contributed by atoms with Crippen molar-refractivity contribution in [2.24, 2.45) is 5.92 Å². The lowest BCUT2D eigenvalue weighted by molar-refractivity contribution is 0.297. The molecule has 0 spiro atoms. The molecule has 1 aliphatic rings. The van der Waals surface area contributed by atoms with E-state index in [1.165, 1.54) is 25.3 Å². The summed E-state index contributed by atoms with van der Waals surface area (Å²) in [6.45, 7) is 2.25. The quantitative estimate of drug-likeness (QED) is 0.821. The Hall–Kier alpha value is -0.780. The normalized spacial score (nSPS) is 16.3. The van der Waals surface area contributed by atoms with Crippen LogP contribution in [0.5, 0.6) is 0 Å². The first-order valence-electron chi connectivity index (χ1n) is 6.45. The summed E-state index contributed by atoms with van der Waals surface area (Å²) < 4.78 is 26.9. The Morgan fingerprint density at radius 1 is 1.42 bits per heavy atom. The first-order chi connectivity index (χ1) is 8.90. The summed E-state index contributed by atoms with van der Waals surface area (Å²) in [5.74, 6) is 0.668. The van der Waals surface area contributed by atoms with Crippen LogP contribution in [0.1, 0.15) is 31.2 Å². The van der Waals surface area contributed by atoms with Crippen LogP contribution in [0.2, 0.25) is 5.02 Å². The standard InChI is InChI=1S/C13H19ClN2O2S/c1-9-7-11(14)13(8-12(9)15)19(17,18)16-6-5-10-3-2-4-10/h7-8,10,16H,2-6,15H2,1H3. The topological polar surface area (TPSA) is 72.2 Å². The van der Waals surface area contributed by atoms with Gasteiger partial charge >= 0.3 is 0 Å². The maximum atomic E-state index is 12.2. The molecule has 6 heteroatoms. The van der Waals surface area contributed by atoms with Crippen molar-refractivity contribution in [1.82, 2.24) is 4.72 Å². The van der Waals surface area contributed by atoms with Crippen LogP contribution in [-0.2, 0) is 10.0 Å². The highest BCUT2D eigenvalue weighted by atomic mass is 35.5. The molecule has 0 aromatic heterocycles. The van der Waals surface area contributed by atoms with E-state index in [0.29, 0.717) is 18.2 Å². The van der Waals surface area contributed by atoms with Gasteiger partial charge in [0.05, 0.1) is 5.02 Å². The van der Waals surface area contributed by atoms with E-state index in [-0.39, 0.29) is 9.92 Å². The van der Waals surface area contributed by atoms with Gasteiger partial charge in [-0.15, -0.1) is 0 Å². The van der Waals surface area contributed by atoms with Gasteiger partial charge < -0.3 is 5.73 Å². The predicted octanol–water partition coefficient (Wildman–Crippen LogP) is 2.70. The molecule has 2 rings (SSSR count). The molecule has 0 radical (unpaired) electrons. The number of nitrogens with one attached hydrogen (secondary N) is 1. The molecular weight excluding hydrogens is 284 g/mol. The number of benzene rings is 1. The van der Waals surface area contributed by atoms with Crippen molar-refractivity contribution < 1.29 is 8.42 Å². The van der Waals surface area contributed by atoms with E-state index in [1.807, 2.05) is 0 Å². The lowest BCUT2D eigenvalue weighted by Gasteiger charge is -2.25. The summed E-state index contributed by atoms with van der Waals surface area (Å²) in [7, 11) is -3.57. The molecule has 0 atom stereocenters. The molecule has 1 saturated carbocycles. The molecule has 1 aliphatic carbocycles. The Labute approximate surface area is 119 Å². The molecule has 3 N–H and O–H groups in total. The number of aryl methyl sites for hydroxylation is 1. The number of sulfonamides is 1. The van der Waals surface area contributed by atoms with Gasteiger partial charge in [-0.3, -0.25) is 0 Å². The minimum absolute atomic E-state index is 0.0610. The number of nitrogen functional groups attached to an aromatic ring is 1. The maximum Gasteiger partial charge on any atom is 0.242 e. The minimum Gasteiger partial charge on any atom is -0.398 e. The summed E-state index contributed by atoms with van der Waals surface area (Å²) in [5.41, 5.74) is 6.95. The third-order valence-electron chi connectivity index (χ3n) is 3.68. The summed E-state index contributed by atoms with van der Waals surface area (Å²) in [6, 6.07) is 3.00. The molecule has 1 aromatic carbocycles. The SMILES string of the molecule is Cc1cc(Cl)c(S(=O)(=O)NCCC2CCC2)cc1N. The lowest BCUT2D eigenvalue weighted by atomic mass is 9.83. The smallest absolute Gasteiger partial charge is 0.242 e. The molecule has 4 nitrogen and oxygen atoms in total. The summed E-state index contributed by atoms with van der Waals surface area (Å²) in [4.78, 5) is 0.0610. The van der Waals surface area contributed by atoms with E-state index in [9.17, 15) is 8.42 Å². The zero-order valence-corrected chi connectivity index (χ0v) is 12.5. The van der Waals surface area contributed by atoms with Crippen molar-refractivity contribution in [3.8, 4) is 0 Å². The van der Waals surface area contributed by atoms with Crippen LogP contribution in [0.25, 0.3) is 0 Å². The molecule has 0 aliphatic heterocycles. The van der Waals surface area contributed by atoms with Gasteiger partial charge in [0.2, 0.25) is 10.0 Å². The Kier molecular flexibility index (Phi) is 4.38. The first kappa shape index (κ1) is 14.6. The molecule has 0 bridgehead atoms. The van der Waals surface area contributed by atoms with Gasteiger partial charge in [-0.1, -0.05) is 30.9 Å². The zero-order valence-electron chi connectivity index (χ0n) is 10.9. The van der Waals surface area contributed by atoms with Crippen LogP contribution in [0, 0.1) is 12.8 Å². The van der Waals surface area contributed by atoms with E-state index >= 15 is 0 Å². The number of nitrogens with two attached hydrogens (primary N) is 1. The van der Waals surface area contributed by atoms with Crippen molar-refractivity contribution in [2.75, 3.05) is 12.3 Å². The van der Waals surface area contributed by atoms with Gasteiger partial charge in [-0.25, -0.2) is 13.1 Å². The third-order valence-corrected chi connectivity index (χ3v) is 5.61. The highest BCUT2D eigenvalue weighted by Gasteiger charge is 2.21. The second-order valence-electron chi connectivity index (χ2n) is 5.12. The monoisotopic (exact) mass is 302 g/mol. The molecule has 106 valence electrons. The Morgan fingerprint density at radius 2 is 2.11 bits per heavy atom. The maximum absolute atomic E-state index is 12.2. The molecule has 19 heavy (non-hydrogen) atoms. The highest BCUT2D eigenvalue weighted by molar-refractivity contribution is 7.89. The van der Waals surface area contributed by atoms with Gasteiger partial charge in [0.25, 0.3) is 0 Å². The van der Waals surface area contributed by atoms with E-state index in [2.05, 4.69) is 4.72 Å². The van der Waals surface area contributed by atoms with E-state index in [0.717, 1.165) is 12.0 Å². The fourth-order valence-electron chi connectivity index (χ4n) is 2.13. The average molecular weight is 303 g/mol. The molecule has 1 fully saturated rings. The van der Waals surface area contributed by atoms with Gasteiger partial charge in [-0.2, -0.15) is 0 Å². The van der Waals surface area contributed by atoms with Crippen molar-refractivity contribution in [2.45, 2.75) is 37.5 Å². The van der Waals surface area contributed by atoms with Gasteiger partial charge in [0.15, 0.2) is 0 Å². The number of hydrogen-bond donors (Lipinski definition) is 2. The summed E-state index contributed by atoms with van der Waals surface area (Å²) in [5, 5.41) is 0.211. The molecule has 0 saturated heterocycles. The third kappa shape index (κ3) is 3.41. The first-order valence-corrected chi connectivity index (χ1v) is 8.31. The van der Waals surface area contributed by atoms with Gasteiger partial charge in [0.1, 0.15) is 4.90 Å². The van der Waals surface area contributed by atoms with Gasteiger partial charge in [0, 0.05) is 12.2 Å². The minimum atomic E-state index is -3.57. The fraction of sp³-hybridized carbons (Fsp3) is 0.538. The average Bonchev–Trinajstić information content (AvgIpc) is 2.26. The van der Waals surface area contributed by atoms with Crippen LogP contribution in [-0.4, -0.2) is 15.0 Å². The second kappa shape index (κ2) is 5.69. The largest absolute Gasteiger partial charge is 0.398 e. The lowest BCUT2D eigenvalue weighted by Crippen LogP contribution is -2.28. The molecule has 0 amide bonds. The number of hydrogen-bond acceptors (Lipinski definition) is 3. The Morgan fingerprint density at radius 3 is 2.68 bits per heavy atom. The highest BCUT2D eigenvalue weighted by Crippen LogP contribution is 2.29. The second-order valence-corrected chi connectivity index (χ2v) is 7.27. The summed E-state index contributed by atoms with van der Waals surface area (Å²) >= 11 is 5.99. The van der Waals surface area contributed by atoms with E-state index in [1.54, 1.807) is 13.0 Å². The van der Waals surface area contributed by atoms with Crippen molar-refractivity contribution in [1.29, 1.82) is 0 Å². The zero-order chi connectivity index (χ0) is 14.0. The summed E-state index contributed by atoms with van der Waals surface area (Å²) in [6.07, 6.45) is 4.57. The number of rotatable bonds is 5. The van der Waals surface area contributed by atoms with Gasteiger partial charge in [-0.05, 0) is 37.0 Å². The number of anilines is 1. The van der Waals surface area contributed by atoms with E-state index in [4.69, 9.17) is 17.3 Å². The van der Waals surface area contributed by atoms with Crippen LogP contribution in [0.15, 0.2) is 17.0 Å². The van der Waals surface area contributed by atoms with Crippen LogP contribution in [0.4, 0.5) is 5.69 Å². The van der Waals surface area contributed by atoms with Crippen LogP contribution in [0.3, 0.4) is 0 Å². The predicted molar refractivity (Wildman–Crippen MR) is 77.7 cm³/mol. The Bertz CT molecular complexity index is 568. The van der Waals surface area contributed by atoms with Crippen molar-refractivity contribution in [3.05, 3.63) is 22.7 Å². The fourth-order valence-corrected chi connectivity index (χ4v) is 3.79. The van der Waals surface area contributed by atoms with Crippen LogP contribution < -0.4 is 10.5 Å². The number of halogens is 1. The molecule has 0 unspecified atom stereocenters. The van der Waals surface area contributed by atoms with Crippen molar-refractivity contribution >= 4 is 27.3 Å². The molecule has 0 heterocycles. The molecule has 1 aromatic rings. The Balaban J connectivity index is 2.07.